The number of carbonyl (C=O) groups is 1. The van der Waals surface area contributed by atoms with E-state index in [1.807, 2.05) is 0 Å². The third kappa shape index (κ3) is 3.28. The second-order valence-electron chi connectivity index (χ2n) is 5.24. The molecule has 0 amide bonds. The molecule has 0 unspecified atom stereocenters. The van der Waals surface area contributed by atoms with E-state index < -0.39 is 23.2 Å². The van der Waals surface area contributed by atoms with Crippen LogP contribution in [-0.4, -0.2) is 24.7 Å². The Labute approximate surface area is 148 Å². The lowest BCUT2D eigenvalue weighted by Gasteiger charge is -2.03. The molecule has 26 heavy (non-hydrogen) atoms. The highest BCUT2D eigenvalue weighted by Crippen LogP contribution is 2.33. The van der Waals surface area contributed by atoms with Crippen LogP contribution in [0.25, 0.3) is 22.7 Å². The summed E-state index contributed by atoms with van der Waals surface area (Å²) in [5.74, 6) is -2.42. The normalized spacial score (nSPS) is 10.6. The third-order valence-electron chi connectivity index (χ3n) is 3.63. The fraction of sp³-hybridized carbons (Fsp3) is 0.158. The van der Waals surface area contributed by atoms with Crippen molar-refractivity contribution in [2.45, 2.75) is 6.92 Å². The van der Waals surface area contributed by atoms with Crippen LogP contribution in [0, 0.1) is 11.6 Å². The molecule has 0 fully saturated rings. The van der Waals surface area contributed by atoms with Gasteiger partial charge in [0.1, 0.15) is 28.6 Å². The van der Waals surface area contributed by atoms with Crippen molar-refractivity contribution in [2.24, 2.45) is 0 Å². The maximum atomic E-state index is 14.1. The van der Waals surface area contributed by atoms with Crippen molar-refractivity contribution >= 4 is 5.97 Å². The number of carbonyl (C=O) groups excluding carboxylic acids is 1. The topological polar surface area (TPSA) is 61.6 Å². The second-order valence-corrected chi connectivity index (χ2v) is 5.24. The van der Waals surface area contributed by atoms with Crippen LogP contribution in [0.2, 0.25) is 0 Å². The minimum Gasteiger partial charge on any atom is -0.497 e. The van der Waals surface area contributed by atoms with E-state index >= 15 is 0 Å². The molecular weight excluding hydrogens is 344 g/mol. The molecule has 0 spiro atoms. The van der Waals surface area contributed by atoms with Crippen LogP contribution in [0.3, 0.4) is 0 Å². The van der Waals surface area contributed by atoms with Gasteiger partial charge in [0, 0.05) is 5.56 Å². The Kier molecular flexibility index (Phi) is 4.97. The summed E-state index contributed by atoms with van der Waals surface area (Å²) in [6.07, 6.45) is 0. The van der Waals surface area contributed by atoms with Gasteiger partial charge in [0.15, 0.2) is 0 Å². The molecule has 3 rings (SSSR count). The summed E-state index contributed by atoms with van der Waals surface area (Å²) in [4.78, 5) is 16.4. The van der Waals surface area contributed by atoms with Crippen LogP contribution < -0.4 is 4.74 Å². The summed E-state index contributed by atoms with van der Waals surface area (Å²) in [6.45, 7) is 1.75. The number of rotatable bonds is 5. The van der Waals surface area contributed by atoms with E-state index in [1.165, 1.54) is 13.2 Å². The van der Waals surface area contributed by atoms with Gasteiger partial charge >= 0.3 is 5.97 Å². The van der Waals surface area contributed by atoms with Gasteiger partial charge in [-0.3, -0.25) is 0 Å². The van der Waals surface area contributed by atoms with Gasteiger partial charge in [-0.1, -0.05) is 6.07 Å². The van der Waals surface area contributed by atoms with E-state index in [9.17, 15) is 13.6 Å². The van der Waals surface area contributed by atoms with Gasteiger partial charge in [-0.25, -0.2) is 18.6 Å². The van der Waals surface area contributed by atoms with Gasteiger partial charge in [-0.05, 0) is 43.3 Å². The molecule has 0 bridgehead atoms. The monoisotopic (exact) mass is 359 g/mol. The Balaban J connectivity index is 2.15. The van der Waals surface area contributed by atoms with Crippen molar-refractivity contribution in [1.82, 2.24) is 4.98 Å². The summed E-state index contributed by atoms with van der Waals surface area (Å²) < 4.78 is 43.6. The third-order valence-corrected chi connectivity index (χ3v) is 3.63. The Morgan fingerprint density at radius 2 is 1.77 bits per heavy atom. The molecule has 0 atom stereocenters. The molecule has 1 heterocycles. The first kappa shape index (κ1) is 17.6. The summed E-state index contributed by atoms with van der Waals surface area (Å²) in [5, 5.41) is 0. The van der Waals surface area contributed by atoms with Gasteiger partial charge in [0.25, 0.3) is 0 Å². The molecule has 134 valence electrons. The van der Waals surface area contributed by atoms with Gasteiger partial charge in [0.2, 0.25) is 11.7 Å². The Morgan fingerprint density at radius 3 is 2.35 bits per heavy atom. The average Bonchev–Trinajstić information content (AvgIpc) is 3.07. The predicted molar refractivity (Wildman–Crippen MR) is 89.8 cm³/mol. The molecule has 3 aromatic rings. The largest absolute Gasteiger partial charge is 0.497 e. The molecule has 0 radical (unpaired) electrons. The molecule has 0 saturated heterocycles. The Bertz CT molecular complexity index is 915. The molecule has 0 saturated carbocycles. The van der Waals surface area contributed by atoms with Gasteiger partial charge < -0.3 is 13.9 Å². The minimum absolute atomic E-state index is 0.116. The first-order chi connectivity index (χ1) is 12.5. The Morgan fingerprint density at radius 1 is 1.12 bits per heavy atom. The fourth-order valence-corrected chi connectivity index (χ4v) is 2.41. The quantitative estimate of drug-likeness (QED) is 0.629. The van der Waals surface area contributed by atoms with Crippen LogP contribution in [-0.2, 0) is 4.74 Å². The molecule has 0 aliphatic carbocycles. The lowest BCUT2D eigenvalue weighted by Crippen LogP contribution is -2.04. The van der Waals surface area contributed by atoms with E-state index in [4.69, 9.17) is 13.9 Å². The summed E-state index contributed by atoms with van der Waals surface area (Å²) in [5.41, 5.74) is 0.196. The van der Waals surface area contributed by atoms with Crippen molar-refractivity contribution < 1.29 is 27.5 Å². The van der Waals surface area contributed by atoms with E-state index in [-0.39, 0.29) is 24.0 Å². The first-order valence-electron chi connectivity index (χ1n) is 7.82. The molecule has 0 aliphatic rings. The van der Waals surface area contributed by atoms with Gasteiger partial charge in [0.05, 0.1) is 13.7 Å². The number of hydrogen-bond acceptors (Lipinski definition) is 5. The SMILES string of the molecule is CCOC(=O)c1oc(-c2c(F)cccc2F)nc1-c1ccc(OC)cc1. The maximum absolute atomic E-state index is 14.1. The van der Waals surface area contributed by atoms with E-state index in [0.29, 0.717) is 11.3 Å². The number of methoxy groups -OCH3 is 1. The highest BCUT2D eigenvalue weighted by Gasteiger charge is 2.26. The van der Waals surface area contributed by atoms with Crippen LogP contribution in [0.5, 0.6) is 5.75 Å². The number of oxazole rings is 1. The zero-order valence-corrected chi connectivity index (χ0v) is 14.1. The van der Waals surface area contributed by atoms with E-state index in [1.54, 1.807) is 31.2 Å². The van der Waals surface area contributed by atoms with Crippen molar-refractivity contribution in [1.29, 1.82) is 0 Å². The fourth-order valence-electron chi connectivity index (χ4n) is 2.41. The molecule has 2 aromatic carbocycles. The standard InChI is InChI=1S/C19H15F2NO4/c1-3-25-19(23)17-16(11-7-9-12(24-2)10-8-11)22-18(26-17)15-13(20)5-4-6-14(15)21/h4-10H,3H2,1-2H3. The summed E-state index contributed by atoms with van der Waals surface area (Å²) >= 11 is 0. The van der Waals surface area contributed by atoms with Crippen molar-refractivity contribution in [3.05, 3.63) is 59.9 Å². The lowest BCUT2D eigenvalue weighted by molar-refractivity contribution is 0.0492. The Hall–Kier alpha value is -3.22. The van der Waals surface area contributed by atoms with Gasteiger partial charge in [-0.15, -0.1) is 0 Å². The van der Waals surface area contributed by atoms with E-state index in [0.717, 1.165) is 12.1 Å². The number of nitrogens with zero attached hydrogens (tertiary/aromatic N) is 1. The first-order valence-corrected chi connectivity index (χ1v) is 7.82. The molecule has 0 aliphatic heterocycles. The molecule has 0 N–H and O–H groups in total. The number of esters is 1. The number of aromatic nitrogens is 1. The van der Waals surface area contributed by atoms with Crippen LogP contribution >= 0.6 is 0 Å². The summed E-state index contributed by atoms with van der Waals surface area (Å²) in [6, 6.07) is 10.0. The molecule has 1 aromatic heterocycles. The molecule has 5 nitrogen and oxygen atoms in total. The zero-order valence-electron chi connectivity index (χ0n) is 14.1. The average molecular weight is 359 g/mol. The van der Waals surface area contributed by atoms with Crippen molar-refractivity contribution in [2.75, 3.05) is 13.7 Å². The molecule has 7 heteroatoms. The van der Waals surface area contributed by atoms with Gasteiger partial charge in [-0.2, -0.15) is 0 Å². The number of benzene rings is 2. The second kappa shape index (κ2) is 7.35. The number of halogens is 2. The zero-order chi connectivity index (χ0) is 18.7. The smallest absolute Gasteiger partial charge is 0.376 e. The summed E-state index contributed by atoms with van der Waals surface area (Å²) in [7, 11) is 1.52. The van der Waals surface area contributed by atoms with Crippen molar-refractivity contribution in [3.8, 4) is 28.5 Å². The van der Waals surface area contributed by atoms with Crippen LogP contribution in [0.1, 0.15) is 17.5 Å². The lowest BCUT2D eigenvalue weighted by atomic mass is 10.1. The highest BCUT2D eigenvalue weighted by molar-refractivity contribution is 5.94. The van der Waals surface area contributed by atoms with Crippen LogP contribution in [0.4, 0.5) is 8.78 Å². The minimum atomic E-state index is -0.845. The maximum Gasteiger partial charge on any atom is 0.376 e. The number of ether oxygens (including phenoxy) is 2. The molecular formula is C19H15F2NO4. The van der Waals surface area contributed by atoms with Crippen LogP contribution in [0.15, 0.2) is 46.9 Å². The number of hydrogen-bond donors (Lipinski definition) is 0. The highest BCUT2D eigenvalue weighted by atomic mass is 19.1. The van der Waals surface area contributed by atoms with Crippen molar-refractivity contribution in [3.63, 3.8) is 0 Å². The predicted octanol–water partition coefficient (Wildman–Crippen LogP) is 4.47. The van der Waals surface area contributed by atoms with E-state index in [2.05, 4.69) is 4.98 Å².